The average Bonchev–Trinajstić information content (AvgIpc) is 2.93. The second-order valence-electron chi connectivity index (χ2n) is 4.72. The number of hydrogen-bond donors (Lipinski definition) is 0. The molecule has 2 aromatic rings. The van der Waals surface area contributed by atoms with Crippen molar-refractivity contribution in [2.24, 2.45) is 0 Å². The van der Waals surface area contributed by atoms with Gasteiger partial charge in [-0.25, -0.2) is 0 Å². The van der Waals surface area contributed by atoms with E-state index < -0.39 is 0 Å². The zero-order valence-electron chi connectivity index (χ0n) is 11.0. The number of benzene rings is 2. The maximum absolute atomic E-state index is 6.66. The highest BCUT2D eigenvalue weighted by molar-refractivity contribution is 9.10. The third kappa shape index (κ3) is 2.52. The molecule has 0 N–H and O–H groups in total. The summed E-state index contributed by atoms with van der Waals surface area (Å²) in [4.78, 5) is 0. The van der Waals surface area contributed by atoms with E-state index >= 15 is 0 Å². The molecule has 1 atom stereocenters. The Morgan fingerprint density at radius 2 is 2.15 bits per heavy atom. The summed E-state index contributed by atoms with van der Waals surface area (Å²) in [7, 11) is 1.66. The van der Waals surface area contributed by atoms with Crippen LogP contribution in [0.1, 0.15) is 22.1 Å². The number of hydrogen-bond acceptors (Lipinski definition) is 2. The molecule has 0 radical (unpaired) electrons. The normalized spacial score (nSPS) is 14.6. The summed E-state index contributed by atoms with van der Waals surface area (Å²) in [5, 5.41) is -0.255. The van der Waals surface area contributed by atoms with Crippen molar-refractivity contribution in [3.63, 3.8) is 0 Å². The predicted molar refractivity (Wildman–Crippen MR) is 84.0 cm³/mol. The van der Waals surface area contributed by atoms with Crippen LogP contribution in [0.15, 0.2) is 40.9 Å². The Kier molecular flexibility index (Phi) is 3.90. The summed E-state index contributed by atoms with van der Waals surface area (Å²) in [6, 6.07) is 11.9. The van der Waals surface area contributed by atoms with Crippen molar-refractivity contribution in [1.82, 2.24) is 0 Å². The van der Waals surface area contributed by atoms with Crippen LogP contribution in [0.25, 0.3) is 0 Å². The molecule has 20 heavy (non-hydrogen) atoms. The molecule has 2 nitrogen and oxygen atoms in total. The van der Waals surface area contributed by atoms with Gasteiger partial charge in [-0.3, -0.25) is 0 Å². The minimum absolute atomic E-state index is 0.255. The molecule has 0 aromatic heterocycles. The fourth-order valence-electron chi connectivity index (χ4n) is 2.46. The van der Waals surface area contributed by atoms with Crippen LogP contribution in [0.3, 0.4) is 0 Å². The Hall–Kier alpha value is -1.19. The Bertz CT molecular complexity index is 642. The number of rotatable bonds is 3. The van der Waals surface area contributed by atoms with Crippen molar-refractivity contribution in [2.75, 3.05) is 13.7 Å². The van der Waals surface area contributed by atoms with Crippen LogP contribution in [-0.4, -0.2) is 13.7 Å². The lowest BCUT2D eigenvalue weighted by Gasteiger charge is -2.15. The fourth-order valence-corrected chi connectivity index (χ4v) is 3.29. The zero-order valence-corrected chi connectivity index (χ0v) is 13.4. The molecule has 0 aliphatic carbocycles. The topological polar surface area (TPSA) is 18.5 Å². The summed E-state index contributed by atoms with van der Waals surface area (Å²) in [5.41, 5.74) is 3.21. The van der Waals surface area contributed by atoms with Gasteiger partial charge in [0.2, 0.25) is 0 Å². The van der Waals surface area contributed by atoms with Crippen molar-refractivity contribution in [3.8, 4) is 11.5 Å². The van der Waals surface area contributed by atoms with Crippen molar-refractivity contribution >= 4 is 27.5 Å². The molecule has 0 saturated heterocycles. The maximum atomic E-state index is 6.66. The monoisotopic (exact) mass is 352 g/mol. The van der Waals surface area contributed by atoms with Gasteiger partial charge >= 0.3 is 0 Å². The van der Waals surface area contributed by atoms with E-state index in [4.69, 9.17) is 21.1 Å². The Labute approximate surface area is 131 Å². The van der Waals surface area contributed by atoms with E-state index in [1.807, 2.05) is 30.3 Å². The molecule has 1 unspecified atom stereocenters. The molecule has 4 heteroatoms. The van der Waals surface area contributed by atoms with E-state index in [9.17, 15) is 0 Å². The highest BCUT2D eigenvalue weighted by Crippen LogP contribution is 2.42. The standard InChI is InChI=1S/C16H14BrClO2/c1-19-13-4-2-3-10(8-13)15(18)14-9-12(17)7-11-5-6-20-16(11)14/h2-4,7-9,15H,5-6H2,1H3. The number of alkyl halides is 1. The van der Waals surface area contributed by atoms with Crippen molar-refractivity contribution in [1.29, 1.82) is 0 Å². The van der Waals surface area contributed by atoms with Crippen molar-refractivity contribution < 1.29 is 9.47 Å². The van der Waals surface area contributed by atoms with Crippen LogP contribution in [0.4, 0.5) is 0 Å². The Morgan fingerprint density at radius 1 is 1.30 bits per heavy atom. The molecule has 1 aliphatic rings. The van der Waals surface area contributed by atoms with E-state index in [0.29, 0.717) is 0 Å². The highest BCUT2D eigenvalue weighted by atomic mass is 79.9. The number of halogens is 2. The SMILES string of the molecule is COc1cccc(C(Cl)c2cc(Br)cc3c2OCC3)c1. The third-order valence-corrected chi connectivity index (χ3v) is 4.38. The van der Waals surface area contributed by atoms with Gasteiger partial charge in [0, 0.05) is 16.5 Å². The first-order chi connectivity index (χ1) is 9.69. The van der Waals surface area contributed by atoms with Gasteiger partial charge in [0.25, 0.3) is 0 Å². The quantitative estimate of drug-likeness (QED) is 0.743. The summed E-state index contributed by atoms with van der Waals surface area (Å²) in [6.45, 7) is 0.723. The lowest BCUT2D eigenvalue weighted by atomic mass is 10.0. The molecule has 3 rings (SSSR count). The second-order valence-corrected chi connectivity index (χ2v) is 6.07. The van der Waals surface area contributed by atoms with E-state index in [1.165, 1.54) is 5.56 Å². The van der Waals surface area contributed by atoms with Crippen LogP contribution in [0.2, 0.25) is 0 Å². The van der Waals surface area contributed by atoms with Gasteiger partial charge in [-0.15, -0.1) is 11.6 Å². The summed E-state index contributed by atoms with van der Waals surface area (Å²) in [6.07, 6.45) is 0.934. The molecule has 104 valence electrons. The minimum atomic E-state index is -0.255. The summed E-state index contributed by atoms with van der Waals surface area (Å²) in [5.74, 6) is 1.73. The van der Waals surface area contributed by atoms with Crippen LogP contribution in [0.5, 0.6) is 11.5 Å². The average molecular weight is 354 g/mol. The van der Waals surface area contributed by atoms with Crippen molar-refractivity contribution in [2.45, 2.75) is 11.8 Å². The van der Waals surface area contributed by atoms with Crippen LogP contribution < -0.4 is 9.47 Å². The lowest BCUT2D eigenvalue weighted by Crippen LogP contribution is -1.98. The predicted octanol–water partition coefficient (Wildman–Crippen LogP) is 4.72. The molecule has 1 heterocycles. The first-order valence-corrected chi connectivity index (χ1v) is 7.65. The number of methoxy groups -OCH3 is 1. The first-order valence-electron chi connectivity index (χ1n) is 6.42. The molecule has 0 spiro atoms. The molecular formula is C16H14BrClO2. The van der Waals surface area contributed by atoms with Crippen LogP contribution in [-0.2, 0) is 6.42 Å². The molecule has 0 amide bonds. The van der Waals surface area contributed by atoms with Gasteiger partial charge in [0.05, 0.1) is 19.1 Å². The van der Waals surface area contributed by atoms with Gasteiger partial charge < -0.3 is 9.47 Å². The fraction of sp³-hybridized carbons (Fsp3) is 0.250. The van der Waals surface area contributed by atoms with Gasteiger partial charge in [0.1, 0.15) is 11.5 Å². The maximum Gasteiger partial charge on any atom is 0.127 e. The van der Waals surface area contributed by atoms with Gasteiger partial charge in [-0.05, 0) is 35.4 Å². The highest BCUT2D eigenvalue weighted by Gasteiger charge is 2.23. The number of fused-ring (bicyclic) bond motifs is 1. The minimum Gasteiger partial charge on any atom is -0.497 e. The van der Waals surface area contributed by atoms with Gasteiger partial charge in [-0.2, -0.15) is 0 Å². The van der Waals surface area contributed by atoms with Crippen LogP contribution >= 0.6 is 27.5 Å². The largest absolute Gasteiger partial charge is 0.497 e. The van der Waals surface area contributed by atoms with E-state index in [1.54, 1.807) is 7.11 Å². The molecular weight excluding hydrogens is 340 g/mol. The van der Waals surface area contributed by atoms with Crippen molar-refractivity contribution in [3.05, 3.63) is 57.6 Å². The molecule has 0 bridgehead atoms. The molecule has 2 aromatic carbocycles. The molecule has 1 aliphatic heterocycles. The Morgan fingerprint density at radius 3 is 2.95 bits per heavy atom. The Balaban J connectivity index is 2.04. The summed E-state index contributed by atoms with van der Waals surface area (Å²) < 4.78 is 12.0. The van der Waals surface area contributed by atoms with Gasteiger partial charge in [-0.1, -0.05) is 28.1 Å². The smallest absolute Gasteiger partial charge is 0.127 e. The van der Waals surface area contributed by atoms with Gasteiger partial charge in [0.15, 0.2) is 0 Å². The molecule has 0 saturated carbocycles. The molecule has 0 fully saturated rings. The van der Waals surface area contributed by atoms with E-state index in [0.717, 1.165) is 40.1 Å². The summed E-state index contributed by atoms with van der Waals surface area (Å²) >= 11 is 10.2. The first kappa shape index (κ1) is 13.8. The number of ether oxygens (including phenoxy) is 2. The second kappa shape index (κ2) is 5.66. The zero-order chi connectivity index (χ0) is 14.1. The van der Waals surface area contributed by atoms with E-state index in [2.05, 4.69) is 22.0 Å². The van der Waals surface area contributed by atoms with E-state index in [-0.39, 0.29) is 5.38 Å². The lowest BCUT2D eigenvalue weighted by molar-refractivity contribution is 0.353. The van der Waals surface area contributed by atoms with Crippen LogP contribution in [0, 0.1) is 0 Å². The third-order valence-electron chi connectivity index (χ3n) is 3.44.